The van der Waals surface area contributed by atoms with Crippen LogP contribution in [-0.2, 0) is 23.0 Å². The van der Waals surface area contributed by atoms with Crippen molar-refractivity contribution < 1.29 is 28.2 Å². The Labute approximate surface area is 232 Å². The van der Waals surface area contributed by atoms with E-state index in [1.54, 1.807) is 18.3 Å². The molecule has 0 spiro atoms. The Balaban J connectivity index is 1.28. The second kappa shape index (κ2) is 11.0. The molecule has 2 aromatic heterocycles. The van der Waals surface area contributed by atoms with Gasteiger partial charge in [0.1, 0.15) is 16.3 Å². The van der Waals surface area contributed by atoms with E-state index in [1.807, 2.05) is 37.3 Å². The Bertz CT molecular complexity index is 1510. The van der Waals surface area contributed by atoms with Gasteiger partial charge in [0.05, 0.1) is 11.3 Å². The molecule has 7 nitrogen and oxygen atoms in total. The summed E-state index contributed by atoms with van der Waals surface area (Å²) in [5.41, 5.74) is 2.07. The Morgan fingerprint density at radius 3 is 2.50 bits per heavy atom. The highest BCUT2D eigenvalue weighted by atomic mass is 32.1. The van der Waals surface area contributed by atoms with Crippen molar-refractivity contribution in [1.29, 1.82) is 0 Å². The van der Waals surface area contributed by atoms with Gasteiger partial charge in [0, 0.05) is 18.1 Å². The van der Waals surface area contributed by atoms with Gasteiger partial charge in [-0.25, -0.2) is 15.0 Å². The first-order valence-electron chi connectivity index (χ1n) is 12.8. The normalized spacial score (nSPS) is 19.4. The van der Waals surface area contributed by atoms with Crippen molar-refractivity contribution in [2.24, 2.45) is 0 Å². The molecule has 4 aromatic rings. The molecule has 2 heterocycles. The number of carbonyl (C=O) groups is 1. The number of aliphatic carboxylic acids is 1. The van der Waals surface area contributed by atoms with Gasteiger partial charge in [-0.3, -0.25) is 4.79 Å². The van der Waals surface area contributed by atoms with E-state index in [2.05, 4.69) is 20.3 Å². The summed E-state index contributed by atoms with van der Waals surface area (Å²) in [5.74, 6) is -0.734. The molecule has 0 bridgehead atoms. The number of aromatic nitrogens is 3. The SMILES string of the molecule is Cc1cc(Nc2nccc(C(F)(F)F)n2)cc(-c2cnc(C3(O)CCC(c4ccc(CC(=O)O)cc4)CC3)s2)c1. The van der Waals surface area contributed by atoms with Crippen LogP contribution in [0.5, 0.6) is 0 Å². The van der Waals surface area contributed by atoms with Crippen LogP contribution >= 0.6 is 11.3 Å². The van der Waals surface area contributed by atoms with Gasteiger partial charge in [-0.15, -0.1) is 11.3 Å². The van der Waals surface area contributed by atoms with Crippen LogP contribution in [0, 0.1) is 6.92 Å². The van der Waals surface area contributed by atoms with E-state index in [0.29, 0.717) is 23.5 Å². The van der Waals surface area contributed by atoms with Crippen LogP contribution in [0.4, 0.5) is 24.8 Å². The number of nitrogens with zero attached hydrogens (tertiary/aromatic N) is 3. The Kier molecular flexibility index (Phi) is 7.61. The highest BCUT2D eigenvalue weighted by molar-refractivity contribution is 7.15. The molecule has 3 N–H and O–H groups in total. The number of aryl methyl sites for hydroxylation is 1. The van der Waals surface area contributed by atoms with E-state index in [1.165, 1.54) is 11.3 Å². The molecule has 40 heavy (non-hydrogen) atoms. The summed E-state index contributed by atoms with van der Waals surface area (Å²) >= 11 is 1.40. The average molecular weight is 569 g/mol. The molecule has 2 aromatic carbocycles. The molecule has 0 atom stereocenters. The van der Waals surface area contributed by atoms with Crippen molar-refractivity contribution in [2.75, 3.05) is 5.32 Å². The van der Waals surface area contributed by atoms with Crippen LogP contribution in [-0.4, -0.2) is 31.1 Å². The van der Waals surface area contributed by atoms with Crippen LogP contribution in [0.3, 0.4) is 0 Å². The molecule has 1 aliphatic rings. The van der Waals surface area contributed by atoms with E-state index in [0.717, 1.165) is 52.2 Å². The second-order valence-electron chi connectivity index (χ2n) is 10.1. The lowest BCUT2D eigenvalue weighted by Crippen LogP contribution is -2.30. The lowest BCUT2D eigenvalue weighted by molar-refractivity contribution is -0.141. The number of hydrogen-bond donors (Lipinski definition) is 3. The van der Waals surface area contributed by atoms with Crippen LogP contribution < -0.4 is 5.32 Å². The maximum atomic E-state index is 13.0. The lowest BCUT2D eigenvalue weighted by Gasteiger charge is -2.34. The van der Waals surface area contributed by atoms with Crippen molar-refractivity contribution in [3.8, 4) is 10.4 Å². The maximum absolute atomic E-state index is 13.0. The molecular weight excluding hydrogens is 541 g/mol. The monoisotopic (exact) mass is 568 g/mol. The van der Waals surface area contributed by atoms with Crippen molar-refractivity contribution in [1.82, 2.24) is 15.0 Å². The smallest absolute Gasteiger partial charge is 0.433 e. The number of benzene rings is 2. The number of rotatable bonds is 7. The minimum Gasteiger partial charge on any atom is -0.481 e. The van der Waals surface area contributed by atoms with Crippen molar-refractivity contribution >= 4 is 28.9 Å². The summed E-state index contributed by atoms with van der Waals surface area (Å²) in [6.07, 6.45) is 0.859. The highest BCUT2D eigenvalue weighted by Crippen LogP contribution is 2.45. The fourth-order valence-electron chi connectivity index (χ4n) is 5.05. The Hall–Kier alpha value is -3.83. The van der Waals surface area contributed by atoms with Crippen molar-refractivity contribution in [3.05, 3.63) is 88.3 Å². The van der Waals surface area contributed by atoms with Gasteiger partial charge < -0.3 is 15.5 Å². The van der Waals surface area contributed by atoms with E-state index in [-0.39, 0.29) is 18.3 Å². The summed E-state index contributed by atoms with van der Waals surface area (Å²) in [6.45, 7) is 1.88. The molecule has 1 saturated carbocycles. The van der Waals surface area contributed by atoms with Crippen LogP contribution in [0.2, 0.25) is 0 Å². The summed E-state index contributed by atoms with van der Waals surface area (Å²) in [4.78, 5) is 23.8. The minimum atomic E-state index is -4.57. The average Bonchev–Trinajstić information content (AvgIpc) is 3.40. The van der Waals surface area contributed by atoms with Gasteiger partial charge >= 0.3 is 12.1 Å². The molecule has 5 rings (SSSR count). The third-order valence-corrected chi connectivity index (χ3v) is 8.33. The molecule has 0 radical (unpaired) electrons. The fraction of sp³-hybridized carbons (Fsp3) is 0.310. The van der Waals surface area contributed by atoms with Crippen LogP contribution in [0.25, 0.3) is 10.4 Å². The molecule has 0 aliphatic heterocycles. The van der Waals surface area contributed by atoms with Gasteiger partial charge in [-0.05, 0) is 79.0 Å². The topological polar surface area (TPSA) is 108 Å². The van der Waals surface area contributed by atoms with Crippen LogP contribution in [0.15, 0.2) is 60.9 Å². The maximum Gasteiger partial charge on any atom is 0.433 e. The minimum absolute atomic E-state index is 0.00536. The predicted octanol–water partition coefficient (Wildman–Crippen LogP) is 6.84. The highest BCUT2D eigenvalue weighted by Gasteiger charge is 2.38. The van der Waals surface area contributed by atoms with Crippen LogP contribution in [0.1, 0.15) is 59.0 Å². The van der Waals surface area contributed by atoms with E-state index in [4.69, 9.17) is 5.11 Å². The number of nitrogens with one attached hydrogen (secondary N) is 1. The standard InChI is InChI=1S/C29H27F3N4O3S/c1-17-12-21(15-22(13-17)35-27-33-11-8-24(36-27)29(30,31)32)23-16-34-26(40-23)28(39)9-6-20(7-10-28)19-4-2-18(3-5-19)14-25(37)38/h2-5,8,11-13,15-16,20,39H,6-7,9-10,14H2,1H3,(H,37,38)(H,33,35,36). The predicted molar refractivity (Wildman–Crippen MR) is 145 cm³/mol. The zero-order valence-corrected chi connectivity index (χ0v) is 22.4. The lowest BCUT2D eigenvalue weighted by atomic mass is 9.76. The third-order valence-electron chi connectivity index (χ3n) is 7.09. The van der Waals surface area contributed by atoms with E-state index in [9.17, 15) is 23.1 Å². The Morgan fingerprint density at radius 2 is 1.82 bits per heavy atom. The molecule has 1 fully saturated rings. The first-order chi connectivity index (χ1) is 19.0. The first kappa shape index (κ1) is 27.7. The zero-order valence-electron chi connectivity index (χ0n) is 21.6. The van der Waals surface area contributed by atoms with E-state index >= 15 is 0 Å². The summed E-state index contributed by atoms with van der Waals surface area (Å²) in [7, 11) is 0. The number of carboxylic acid groups (broad SMARTS) is 1. The fourth-order valence-corrected chi connectivity index (χ4v) is 6.10. The van der Waals surface area contributed by atoms with Gasteiger partial charge in [0.15, 0.2) is 0 Å². The molecule has 208 valence electrons. The number of aliphatic hydroxyl groups is 1. The van der Waals surface area contributed by atoms with Crippen molar-refractivity contribution in [3.63, 3.8) is 0 Å². The summed E-state index contributed by atoms with van der Waals surface area (Å²) in [6, 6.07) is 14.0. The summed E-state index contributed by atoms with van der Waals surface area (Å²) in [5, 5.41) is 23.9. The van der Waals surface area contributed by atoms with E-state index < -0.39 is 23.4 Å². The molecule has 0 amide bonds. The Morgan fingerprint density at radius 1 is 1.10 bits per heavy atom. The molecule has 0 saturated heterocycles. The molecule has 0 unspecified atom stereocenters. The number of carboxylic acids is 1. The second-order valence-corrected chi connectivity index (χ2v) is 11.2. The quantitative estimate of drug-likeness (QED) is 0.224. The van der Waals surface area contributed by atoms with Gasteiger partial charge in [0.2, 0.25) is 5.95 Å². The number of alkyl halides is 3. The molecular formula is C29H27F3N4O3S. The number of halogens is 3. The largest absolute Gasteiger partial charge is 0.481 e. The third kappa shape index (κ3) is 6.31. The van der Waals surface area contributed by atoms with Crippen molar-refractivity contribution in [2.45, 2.75) is 56.7 Å². The summed E-state index contributed by atoms with van der Waals surface area (Å²) < 4.78 is 39.1. The van der Waals surface area contributed by atoms with Gasteiger partial charge in [0.25, 0.3) is 0 Å². The zero-order chi connectivity index (χ0) is 28.5. The first-order valence-corrected chi connectivity index (χ1v) is 13.6. The number of thiazole rings is 1. The van der Waals surface area contributed by atoms with Gasteiger partial charge in [-0.1, -0.05) is 30.3 Å². The molecule has 1 aliphatic carbocycles. The number of anilines is 2. The number of hydrogen-bond acceptors (Lipinski definition) is 7. The van der Waals surface area contributed by atoms with Gasteiger partial charge in [-0.2, -0.15) is 13.2 Å². The molecule has 11 heteroatoms.